The Morgan fingerprint density at radius 3 is 2.71 bits per heavy atom. The molecule has 2 nitrogen and oxygen atoms in total. The van der Waals surface area contributed by atoms with Crippen LogP contribution in [0, 0.1) is 0 Å². The maximum atomic E-state index is 11.4. The number of benzene rings is 1. The molecule has 1 aromatic carbocycles. The molecule has 94 valence electrons. The molecule has 1 rings (SSSR count). The van der Waals surface area contributed by atoms with E-state index in [0.717, 1.165) is 19.3 Å². The first-order valence-electron chi connectivity index (χ1n) is 5.64. The van der Waals surface area contributed by atoms with E-state index < -0.39 is 0 Å². The van der Waals surface area contributed by atoms with E-state index in [1.807, 2.05) is 0 Å². The van der Waals surface area contributed by atoms with Crippen LogP contribution in [0.4, 0.5) is 0 Å². The van der Waals surface area contributed by atoms with Gasteiger partial charge in [0.05, 0.1) is 12.2 Å². The van der Waals surface area contributed by atoms with Gasteiger partial charge in [0.1, 0.15) is 5.75 Å². The minimum absolute atomic E-state index is 0.0386. The van der Waals surface area contributed by atoms with Crippen LogP contribution in [0.25, 0.3) is 0 Å². The van der Waals surface area contributed by atoms with Gasteiger partial charge in [0.2, 0.25) is 0 Å². The maximum Gasteiger partial charge on any atom is 0.163 e. The molecule has 17 heavy (non-hydrogen) atoms. The molecule has 0 atom stereocenters. The van der Waals surface area contributed by atoms with E-state index in [9.17, 15) is 4.79 Å². The fraction of sp³-hybridized carbons (Fsp3) is 0.462. The summed E-state index contributed by atoms with van der Waals surface area (Å²) < 4.78 is 5.58. The van der Waals surface area contributed by atoms with E-state index in [1.165, 1.54) is 6.92 Å². The highest BCUT2D eigenvalue weighted by Crippen LogP contribution is 2.23. The van der Waals surface area contributed by atoms with Crippen LogP contribution in [0.2, 0.25) is 5.02 Å². The molecule has 0 radical (unpaired) electrons. The number of unbranched alkanes of at least 4 members (excludes halogenated alkanes) is 2. The second-order valence-electron chi connectivity index (χ2n) is 3.79. The summed E-state index contributed by atoms with van der Waals surface area (Å²) in [4.78, 5) is 11.4. The number of carbonyl (C=O) groups excluding carboxylic acids is 1. The summed E-state index contributed by atoms with van der Waals surface area (Å²) >= 11 is 11.4. The zero-order valence-electron chi connectivity index (χ0n) is 9.84. The lowest BCUT2D eigenvalue weighted by molar-refractivity contribution is 0.101. The van der Waals surface area contributed by atoms with Gasteiger partial charge in [-0.2, -0.15) is 0 Å². The fourth-order valence-corrected chi connectivity index (χ4v) is 1.82. The van der Waals surface area contributed by atoms with Crippen LogP contribution >= 0.6 is 23.2 Å². The molecular weight excluding hydrogens is 259 g/mol. The van der Waals surface area contributed by atoms with Gasteiger partial charge in [-0.1, -0.05) is 11.6 Å². The predicted octanol–water partition coefficient (Wildman–Crippen LogP) is 4.33. The molecule has 1 aromatic rings. The second kappa shape index (κ2) is 7.57. The standard InChI is InChI=1S/C13H16Cl2O2/c1-10(16)12-9-11(15)5-6-13(12)17-8-4-2-3-7-14/h5-6,9H,2-4,7-8H2,1H3. The number of carbonyl (C=O) groups is 1. The first-order valence-corrected chi connectivity index (χ1v) is 6.55. The topological polar surface area (TPSA) is 26.3 Å². The van der Waals surface area contributed by atoms with Crippen molar-refractivity contribution in [3.8, 4) is 5.75 Å². The number of hydrogen-bond donors (Lipinski definition) is 0. The normalized spacial score (nSPS) is 10.3. The van der Waals surface area contributed by atoms with Gasteiger partial charge in [-0.25, -0.2) is 0 Å². The lowest BCUT2D eigenvalue weighted by Crippen LogP contribution is -2.03. The average Bonchev–Trinajstić information content (AvgIpc) is 2.30. The molecule has 0 spiro atoms. The van der Waals surface area contributed by atoms with Crippen LogP contribution in [-0.2, 0) is 0 Å². The number of ether oxygens (including phenoxy) is 1. The number of ketones is 1. The van der Waals surface area contributed by atoms with Gasteiger partial charge in [0.15, 0.2) is 5.78 Å². The van der Waals surface area contributed by atoms with Crippen molar-refractivity contribution in [1.82, 2.24) is 0 Å². The van der Waals surface area contributed by atoms with Gasteiger partial charge in [-0.15, -0.1) is 11.6 Å². The van der Waals surface area contributed by atoms with E-state index >= 15 is 0 Å². The lowest BCUT2D eigenvalue weighted by Gasteiger charge is -2.09. The molecule has 0 fully saturated rings. The maximum absolute atomic E-state index is 11.4. The summed E-state index contributed by atoms with van der Waals surface area (Å²) in [5, 5.41) is 0.546. The second-order valence-corrected chi connectivity index (χ2v) is 4.61. The molecule has 0 bridgehead atoms. The molecule has 0 N–H and O–H groups in total. The van der Waals surface area contributed by atoms with Crippen LogP contribution < -0.4 is 4.74 Å². The number of Topliss-reactive ketones (excluding diaryl/α,β-unsaturated/α-hetero) is 1. The van der Waals surface area contributed by atoms with Crippen molar-refractivity contribution in [3.05, 3.63) is 28.8 Å². The van der Waals surface area contributed by atoms with Gasteiger partial charge >= 0.3 is 0 Å². The monoisotopic (exact) mass is 274 g/mol. The van der Waals surface area contributed by atoms with Crippen LogP contribution in [0.3, 0.4) is 0 Å². The molecule has 0 aliphatic heterocycles. The van der Waals surface area contributed by atoms with Crippen LogP contribution in [0.5, 0.6) is 5.75 Å². The molecule has 0 unspecified atom stereocenters. The Morgan fingerprint density at radius 1 is 1.29 bits per heavy atom. The Balaban J connectivity index is 2.55. The third-order valence-corrected chi connectivity index (χ3v) is 2.86. The summed E-state index contributed by atoms with van der Waals surface area (Å²) in [6.45, 7) is 2.10. The largest absolute Gasteiger partial charge is 0.493 e. The minimum Gasteiger partial charge on any atom is -0.493 e. The van der Waals surface area contributed by atoms with Crippen molar-refractivity contribution in [1.29, 1.82) is 0 Å². The first kappa shape index (κ1) is 14.3. The molecule has 0 aliphatic rings. The Kier molecular flexibility index (Phi) is 6.38. The van der Waals surface area contributed by atoms with Gasteiger partial charge in [0.25, 0.3) is 0 Å². The van der Waals surface area contributed by atoms with Crippen molar-refractivity contribution >= 4 is 29.0 Å². The van der Waals surface area contributed by atoms with E-state index in [0.29, 0.717) is 28.8 Å². The van der Waals surface area contributed by atoms with Crippen LogP contribution in [-0.4, -0.2) is 18.3 Å². The van der Waals surface area contributed by atoms with Crippen LogP contribution in [0.1, 0.15) is 36.5 Å². The number of rotatable bonds is 7. The van der Waals surface area contributed by atoms with Crippen molar-refractivity contribution in [3.63, 3.8) is 0 Å². The van der Waals surface area contributed by atoms with E-state index in [4.69, 9.17) is 27.9 Å². The Hall–Kier alpha value is -0.730. The Morgan fingerprint density at radius 2 is 2.06 bits per heavy atom. The molecular formula is C13H16Cl2O2. The third-order valence-electron chi connectivity index (χ3n) is 2.36. The summed E-state index contributed by atoms with van der Waals surface area (Å²) in [5.41, 5.74) is 0.537. The highest BCUT2D eigenvalue weighted by Gasteiger charge is 2.08. The Labute approximate surface area is 112 Å². The van der Waals surface area contributed by atoms with E-state index in [-0.39, 0.29) is 5.78 Å². The summed E-state index contributed by atoms with van der Waals surface area (Å²) in [5.74, 6) is 1.25. The minimum atomic E-state index is -0.0386. The summed E-state index contributed by atoms with van der Waals surface area (Å²) in [7, 11) is 0. The number of alkyl halides is 1. The summed E-state index contributed by atoms with van der Waals surface area (Å²) in [6, 6.07) is 5.10. The van der Waals surface area contributed by atoms with E-state index in [2.05, 4.69) is 0 Å². The van der Waals surface area contributed by atoms with Crippen molar-refractivity contribution < 1.29 is 9.53 Å². The van der Waals surface area contributed by atoms with Gasteiger partial charge in [0, 0.05) is 10.9 Å². The molecule has 0 saturated heterocycles. The molecule has 0 saturated carbocycles. The smallest absolute Gasteiger partial charge is 0.163 e. The van der Waals surface area contributed by atoms with E-state index in [1.54, 1.807) is 18.2 Å². The Bertz CT molecular complexity index is 378. The molecule has 0 amide bonds. The predicted molar refractivity (Wildman–Crippen MR) is 71.5 cm³/mol. The zero-order valence-corrected chi connectivity index (χ0v) is 11.4. The fourth-order valence-electron chi connectivity index (χ4n) is 1.46. The number of halogens is 2. The zero-order chi connectivity index (χ0) is 12.7. The average molecular weight is 275 g/mol. The van der Waals surface area contributed by atoms with Gasteiger partial charge < -0.3 is 4.74 Å². The number of hydrogen-bond acceptors (Lipinski definition) is 2. The van der Waals surface area contributed by atoms with Crippen LogP contribution in [0.15, 0.2) is 18.2 Å². The highest BCUT2D eigenvalue weighted by molar-refractivity contribution is 6.31. The van der Waals surface area contributed by atoms with Crippen molar-refractivity contribution in [2.75, 3.05) is 12.5 Å². The third kappa shape index (κ3) is 4.97. The van der Waals surface area contributed by atoms with Gasteiger partial charge in [-0.05, 0) is 44.4 Å². The molecule has 0 aliphatic carbocycles. The SMILES string of the molecule is CC(=O)c1cc(Cl)ccc1OCCCCCCl. The summed E-state index contributed by atoms with van der Waals surface area (Å²) in [6.07, 6.45) is 2.96. The first-order chi connectivity index (χ1) is 8.15. The van der Waals surface area contributed by atoms with Crippen molar-refractivity contribution in [2.45, 2.75) is 26.2 Å². The molecule has 0 aromatic heterocycles. The molecule has 4 heteroatoms. The molecule has 0 heterocycles. The van der Waals surface area contributed by atoms with Gasteiger partial charge in [-0.3, -0.25) is 4.79 Å². The lowest BCUT2D eigenvalue weighted by atomic mass is 10.1. The van der Waals surface area contributed by atoms with Crippen molar-refractivity contribution in [2.24, 2.45) is 0 Å². The quantitative estimate of drug-likeness (QED) is 0.420. The highest BCUT2D eigenvalue weighted by atomic mass is 35.5.